The lowest BCUT2D eigenvalue weighted by molar-refractivity contribution is -0.121. The highest BCUT2D eigenvalue weighted by atomic mass is 16.6. The fourth-order valence-electron chi connectivity index (χ4n) is 2.73. The third-order valence-corrected chi connectivity index (χ3v) is 4.08. The van der Waals surface area contributed by atoms with Crippen LogP contribution in [0.4, 0.5) is 16.2 Å². The van der Waals surface area contributed by atoms with Crippen molar-refractivity contribution in [2.45, 2.75) is 40.2 Å². The summed E-state index contributed by atoms with van der Waals surface area (Å²) in [5.74, 6) is 0.554. The summed E-state index contributed by atoms with van der Waals surface area (Å²) in [5.41, 5.74) is 0.652. The Morgan fingerprint density at radius 1 is 1.31 bits per heavy atom. The number of amides is 2. The van der Waals surface area contributed by atoms with Gasteiger partial charge in [0.1, 0.15) is 11.4 Å². The first-order valence-electron chi connectivity index (χ1n) is 9.03. The van der Waals surface area contributed by atoms with Crippen molar-refractivity contribution in [2.75, 3.05) is 43.0 Å². The molecule has 0 radical (unpaired) electrons. The molecule has 0 saturated heterocycles. The highest BCUT2D eigenvalue weighted by Gasteiger charge is 2.26. The zero-order chi connectivity index (χ0) is 19.3. The van der Waals surface area contributed by atoms with E-state index in [1.54, 1.807) is 43.9 Å². The summed E-state index contributed by atoms with van der Waals surface area (Å²) in [6, 6.07) is 5.25. The van der Waals surface area contributed by atoms with Gasteiger partial charge in [-0.25, -0.2) is 4.79 Å². The van der Waals surface area contributed by atoms with Crippen LogP contribution < -0.4 is 15.0 Å². The topological polar surface area (TPSA) is 71.1 Å². The van der Waals surface area contributed by atoms with Gasteiger partial charge in [0.25, 0.3) is 5.91 Å². The second-order valence-electron chi connectivity index (χ2n) is 7.17. The average Bonchev–Trinajstić information content (AvgIpc) is 2.55. The number of carbonyl (C=O) groups excluding carboxylic acids is 2. The van der Waals surface area contributed by atoms with Gasteiger partial charge >= 0.3 is 6.09 Å². The van der Waals surface area contributed by atoms with Gasteiger partial charge in [-0.05, 0) is 52.1 Å². The van der Waals surface area contributed by atoms with Crippen molar-refractivity contribution in [3.05, 3.63) is 18.2 Å². The Hall–Kier alpha value is -2.28. The van der Waals surface area contributed by atoms with E-state index in [1.165, 1.54) is 0 Å². The predicted octanol–water partition coefficient (Wildman–Crippen LogP) is 3.10. The summed E-state index contributed by atoms with van der Waals surface area (Å²) in [6.07, 6.45) is -0.532. The van der Waals surface area contributed by atoms with Crippen LogP contribution in [0.3, 0.4) is 0 Å². The Morgan fingerprint density at radius 3 is 2.62 bits per heavy atom. The molecule has 1 aliphatic heterocycles. The molecule has 0 bridgehead atoms. The van der Waals surface area contributed by atoms with E-state index in [1.807, 2.05) is 0 Å². The number of ether oxygens (including phenoxy) is 2. The predicted molar refractivity (Wildman–Crippen MR) is 102 cm³/mol. The molecule has 1 aromatic rings. The number of hydrogen-bond donors (Lipinski definition) is 1. The molecule has 2 amide bonds. The molecule has 7 nitrogen and oxygen atoms in total. The second kappa shape index (κ2) is 8.40. The minimum Gasteiger partial charge on any atom is -0.482 e. The van der Waals surface area contributed by atoms with Crippen molar-refractivity contribution in [2.24, 2.45) is 0 Å². The number of hydrogen-bond acceptors (Lipinski definition) is 5. The quantitative estimate of drug-likeness (QED) is 0.841. The minimum absolute atomic E-state index is 0.0318. The van der Waals surface area contributed by atoms with Gasteiger partial charge in [-0.1, -0.05) is 13.8 Å². The molecule has 1 aromatic carbocycles. The molecular weight excluding hydrogens is 334 g/mol. The number of benzene rings is 1. The van der Waals surface area contributed by atoms with Crippen LogP contribution >= 0.6 is 0 Å². The van der Waals surface area contributed by atoms with Crippen molar-refractivity contribution in [3.8, 4) is 5.75 Å². The van der Waals surface area contributed by atoms with Gasteiger partial charge in [0, 0.05) is 18.8 Å². The van der Waals surface area contributed by atoms with E-state index in [-0.39, 0.29) is 12.5 Å². The van der Waals surface area contributed by atoms with E-state index < -0.39 is 11.7 Å². The van der Waals surface area contributed by atoms with Gasteiger partial charge in [-0.2, -0.15) is 0 Å². The highest BCUT2D eigenvalue weighted by Crippen LogP contribution is 2.34. The third kappa shape index (κ3) is 5.36. The Morgan fingerprint density at radius 2 is 2.00 bits per heavy atom. The SMILES string of the molecule is CCN(CC)CCN1C(=O)COc2ccc(NC(=O)OC(C)(C)C)cc21. The van der Waals surface area contributed by atoms with Crippen molar-refractivity contribution in [1.29, 1.82) is 0 Å². The van der Waals surface area contributed by atoms with Gasteiger partial charge in [0.05, 0.1) is 5.69 Å². The zero-order valence-corrected chi connectivity index (χ0v) is 16.3. The monoisotopic (exact) mass is 363 g/mol. The van der Waals surface area contributed by atoms with E-state index in [4.69, 9.17) is 9.47 Å². The fourth-order valence-corrected chi connectivity index (χ4v) is 2.73. The first kappa shape index (κ1) is 20.0. The number of likely N-dealkylation sites (N-methyl/N-ethyl adjacent to an activating group) is 1. The Bertz CT molecular complexity index is 651. The summed E-state index contributed by atoms with van der Waals surface area (Å²) in [7, 11) is 0. The Labute approximate surface area is 155 Å². The molecule has 0 atom stereocenters. The standard InChI is InChI=1S/C19H29N3O4/c1-6-21(7-2)10-11-22-15-12-14(20-18(24)26-19(3,4)5)8-9-16(15)25-13-17(22)23/h8-9,12H,6-7,10-11,13H2,1-5H3,(H,20,24). The lowest BCUT2D eigenvalue weighted by Crippen LogP contribution is -2.43. The molecule has 1 heterocycles. The van der Waals surface area contributed by atoms with Crippen LogP contribution in [0.25, 0.3) is 0 Å². The summed E-state index contributed by atoms with van der Waals surface area (Å²) < 4.78 is 10.8. The van der Waals surface area contributed by atoms with Crippen LogP contribution in [0, 0.1) is 0 Å². The number of nitrogens with one attached hydrogen (secondary N) is 1. The second-order valence-corrected chi connectivity index (χ2v) is 7.17. The van der Waals surface area contributed by atoms with E-state index in [9.17, 15) is 9.59 Å². The number of anilines is 2. The van der Waals surface area contributed by atoms with Crippen LogP contribution in [0.1, 0.15) is 34.6 Å². The number of nitrogens with zero attached hydrogens (tertiary/aromatic N) is 2. The van der Waals surface area contributed by atoms with E-state index >= 15 is 0 Å². The van der Waals surface area contributed by atoms with Gasteiger partial charge in [0.2, 0.25) is 0 Å². The van der Waals surface area contributed by atoms with Crippen LogP contribution in [-0.4, -0.2) is 55.3 Å². The third-order valence-electron chi connectivity index (χ3n) is 4.08. The van der Waals surface area contributed by atoms with Crippen LogP contribution in [-0.2, 0) is 9.53 Å². The molecule has 0 unspecified atom stereocenters. The molecule has 26 heavy (non-hydrogen) atoms. The molecule has 0 spiro atoms. The smallest absolute Gasteiger partial charge is 0.412 e. The maximum atomic E-state index is 12.3. The lowest BCUT2D eigenvalue weighted by Gasteiger charge is -2.31. The number of carbonyl (C=O) groups is 2. The largest absolute Gasteiger partial charge is 0.482 e. The van der Waals surface area contributed by atoms with E-state index in [2.05, 4.69) is 24.1 Å². The first-order valence-corrected chi connectivity index (χ1v) is 9.03. The van der Waals surface area contributed by atoms with E-state index in [0.717, 1.165) is 19.6 Å². The summed E-state index contributed by atoms with van der Waals surface area (Å²) >= 11 is 0. The lowest BCUT2D eigenvalue weighted by atomic mass is 10.2. The molecule has 1 aliphatic rings. The van der Waals surface area contributed by atoms with E-state index in [0.29, 0.717) is 23.7 Å². The molecule has 0 fully saturated rings. The van der Waals surface area contributed by atoms with Gasteiger partial charge in [-0.15, -0.1) is 0 Å². The van der Waals surface area contributed by atoms with Crippen LogP contribution in [0.2, 0.25) is 0 Å². The molecule has 2 rings (SSSR count). The number of rotatable bonds is 6. The van der Waals surface area contributed by atoms with Gasteiger partial charge in [0.15, 0.2) is 6.61 Å². The zero-order valence-electron chi connectivity index (χ0n) is 16.3. The summed E-state index contributed by atoms with van der Waals surface area (Å²) in [4.78, 5) is 28.3. The van der Waals surface area contributed by atoms with Gasteiger partial charge < -0.3 is 19.3 Å². The molecule has 1 N–H and O–H groups in total. The molecule has 0 aromatic heterocycles. The molecule has 144 valence electrons. The molecule has 0 saturated carbocycles. The van der Waals surface area contributed by atoms with Crippen LogP contribution in [0.5, 0.6) is 5.75 Å². The maximum absolute atomic E-state index is 12.3. The summed E-state index contributed by atoms with van der Waals surface area (Å²) in [5, 5.41) is 2.71. The Kier molecular flexibility index (Phi) is 6.47. The van der Waals surface area contributed by atoms with Crippen molar-refractivity contribution in [1.82, 2.24) is 4.90 Å². The molecular formula is C19H29N3O4. The van der Waals surface area contributed by atoms with Crippen molar-refractivity contribution >= 4 is 23.4 Å². The van der Waals surface area contributed by atoms with Crippen molar-refractivity contribution in [3.63, 3.8) is 0 Å². The fraction of sp³-hybridized carbons (Fsp3) is 0.579. The Balaban J connectivity index is 2.15. The molecule has 0 aliphatic carbocycles. The van der Waals surface area contributed by atoms with Crippen LogP contribution in [0.15, 0.2) is 18.2 Å². The van der Waals surface area contributed by atoms with Gasteiger partial charge in [-0.3, -0.25) is 10.1 Å². The summed E-state index contributed by atoms with van der Waals surface area (Å²) in [6.45, 7) is 12.9. The minimum atomic E-state index is -0.576. The van der Waals surface area contributed by atoms with Crippen molar-refractivity contribution < 1.29 is 19.1 Å². The number of fused-ring (bicyclic) bond motifs is 1. The molecule has 7 heteroatoms. The highest BCUT2D eigenvalue weighted by molar-refractivity contribution is 5.99. The average molecular weight is 363 g/mol. The normalized spacial score (nSPS) is 14.1. The maximum Gasteiger partial charge on any atom is 0.412 e. The first-order chi connectivity index (χ1) is 12.2.